The predicted octanol–water partition coefficient (Wildman–Crippen LogP) is 3.89. The third kappa shape index (κ3) is 5.18. The Bertz CT molecular complexity index is 1530. The van der Waals surface area contributed by atoms with E-state index >= 15 is 0 Å². The molecule has 1 aliphatic carbocycles. The molecule has 232 valence electrons. The number of hydrogen-bond acceptors (Lipinski definition) is 6. The first kappa shape index (κ1) is 29.0. The fourth-order valence-corrected chi connectivity index (χ4v) is 8.08. The lowest BCUT2D eigenvalue weighted by atomic mass is 9.76. The standard InChI is InChI=1S/C33H39F2N7O2/c1-22-29(23(2)42(38-22)28-16-36-10-11-37-28)31(44)41-19-25-17-39(18-26(25)20-41)12-8-32(27-6-4-3-5-7-27)9-13-40(21-32)30(43)24-14-33(34,35)15-24/h3-7,10-11,16,24-26H,8-9,12-15,17-21H2,1-2H3. The zero-order chi connectivity index (χ0) is 30.6. The van der Waals surface area contributed by atoms with E-state index in [9.17, 15) is 18.4 Å². The second kappa shape index (κ2) is 11.0. The van der Waals surface area contributed by atoms with Gasteiger partial charge in [0.1, 0.15) is 0 Å². The number of benzene rings is 1. The summed E-state index contributed by atoms with van der Waals surface area (Å²) in [5, 5.41) is 4.59. The second-order valence-electron chi connectivity index (χ2n) is 13.4. The smallest absolute Gasteiger partial charge is 0.257 e. The van der Waals surface area contributed by atoms with Gasteiger partial charge < -0.3 is 14.7 Å². The largest absolute Gasteiger partial charge is 0.342 e. The van der Waals surface area contributed by atoms with Gasteiger partial charge in [-0.25, -0.2) is 18.4 Å². The van der Waals surface area contributed by atoms with E-state index < -0.39 is 11.8 Å². The molecule has 2 amide bonds. The van der Waals surface area contributed by atoms with Crippen molar-refractivity contribution in [1.82, 2.24) is 34.4 Å². The summed E-state index contributed by atoms with van der Waals surface area (Å²) < 4.78 is 28.7. The van der Waals surface area contributed by atoms with Crippen LogP contribution in [0.5, 0.6) is 0 Å². The highest BCUT2D eigenvalue weighted by molar-refractivity contribution is 5.96. The average Bonchev–Trinajstić information content (AvgIpc) is 3.77. The maximum absolute atomic E-state index is 13.7. The summed E-state index contributed by atoms with van der Waals surface area (Å²) in [5.41, 5.74) is 3.15. The fraction of sp³-hybridized carbons (Fsp3) is 0.545. The van der Waals surface area contributed by atoms with E-state index in [1.54, 1.807) is 23.3 Å². The highest BCUT2D eigenvalue weighted by Gasteiger charge is 2.52. The van der Waals surface area contributed by atoms with Gasteiger partial charge in [-0.05, 0) is 50.6 Å². The van der Waals surface area contributed by atoms with Crippen LogP contribution in [-0.2, 0) is 10.2 Å². The minimum atomic E-state index is -2.69. The van der Waals surface area contributed by atoms with Gasteiger partial charge in [0.05, 0.1) is 23.1 Å². The molecule has 3 aliphatic heterocycles. The Morgan fingerprint density at radius 3 is 2.36 bits per heavy atom. The molecule has 0 spiro atoms. The van der Waals surface area contributed by atoms with Crippen LogP contribution in [0.3, 0.4) is 0 Å². The molecule has 9 nitrogen and oxygen atoms in total. The molecule has 5 heterocycles. The summed E-state index contributed by atoms with van der Waals surface area (Å²) in [7, 11) is 0. The summed E-state index contributed by atoms with van der Waals surface area (Å²) in [6, 6.07) is 10.4. The number of halogens is 2. The SMILES string of the molecule is Cc1nn(-c2cnccn2)c(C)c1C(=O)N1CC2CN(CCC3(c4ccccc4)CCN(C(=O)C4CC(F)(F)C4)C3)CC2C1. The Morgan fingerprint density at radius 1 is 0.977 bits per heavy atom. The van der Waals surface area contributed by atoms with Crippen molar-refractivity contribution in [3.05, 3.63) is 71.4 Å². The Morgan fingerprint density at radius 2 is 1.70 bits per heavy atom. The van der Waals surface area contributed by atoms with Gasteiger partial charge in [-0.1, -0.05) is 30.3 Å². The van der Waals surface area contributed by atoms with Gasteiger partial charge >= 0.3 is 0 Å². The lowest BCUT2D eigenvalue weighted by Gasteiger charge is -2.37. The number of amides is 2. The van der Waals surface area contributed by atoms with Gasteiger partial charge in [0, 0.05) is 75.8 Å². The van der Waals surface area contributed by atoms with Gasteiger partial charge in [0.25, 0.3) is 5.91 Å². The van der Waals surface area contributed by atoms with Crippen molar-refractivity contribution in [2.45, 2.75) is 50.9 Å². The minimum absolute atomic E-state index is 0.0269. The first-order chi connectivity index (χ1) is 21.1. The summed E-state index contributed by atoms with van der Waals surface area (Å²) >= 11 is 0. The summed E-state index contributed by atoms with van der Waals surface area (Å²) in [5.74, 6) is -1.89. The molecule has 4 fully saturated rings. The summed E-state index contributed by atoms with van der Waals surface area (Å²) in [6.07, 6.45) is 5.98. The van der Waals surface area contributed by atoms with Gasteiger partial charge in [-0.2, -0.15) is 5.10 Å². The normalized spacial score (nSPS) is 26.6. The molecule has 11 heteroatoms. The quantitative estimate of drug-likeness (QED) is 0.408. The number of hydrogen-bond donors (Lipinski definition) is 0. The van der Waals surface area contributed by atoms with Crippen LogP contribution in [0.2, 0.25) is 0 Å². The van der Waals surface area contributed by atoms with Crippen LogP contribution in [0.15, 0.2) is 48.9 Å². The molecule has 1 saturated carbocycles. The van der Waals surface area contributed by atoms with E-state index in [1.807, 2.05) is 41.8 Å². The summed E-state index contributed by atoms with van der Waals surface area (Å²) in [6.45, 7) is 9.22. The van der Waals surface area contributed by atoms with Gasteiger partial charge in [-0.3, -0.25) is 14.6 Å². The number of rotatable bonds is 7. The molecule has 4 aliphatic rings. The maximum Gasteiger partial charge on any atom is 0.257 e. The van der Waals surface area contributed by atoms with E-state index in [0.29, 0.717) is 42.0 Å². The zero-order valence-corrected chi connectivity index (χ0v) is 25.3. The topological polar surface area (TPSA) is 87.5 Å². The van der Waals surface area contributed by atoms with E-state index in [2.05, 4.69) is 32.1 Å². The number of carbonyl (C=O) groups excluding carboxylic acids is 2. The molecule has 2 aromatic heterocycles. The molecule has 7 rings (SSSR count). The van der Waals surface area contributed by atoms with Gasteiger partial charge in [0.2, 0.25) is 11.8 Å². The molecule has 0 N–H and O–H groups in total. The number of alkyl halides is 2. The molecule has 0 bridgehead atoms. The Balaban J connectivity index is 0.982. The molecule has 3 unspecified atom stereocenters. The van der Waals surface area contributed by atoms with Crippen molar-refractivity contribution in [3.8, 4) is 5.82 Å². The zero-order valence-electron chi connectivity index (χ0n) is 25.3. The number of carbonyl (C=O) groups is 2. The van der Waals surface area contributed by atoms with Crippen LogP contribution < -0.4 is 0 Å². The van der Waals surface area contributed by atoms with Crippen molar-refractivity contribution in [2.24, 2.45) is 17.8 Å². The van der Waals surface area contributed by atoms with Crippen molar-refractivity contribution < 1.29 is 18.4 Å². The molecular weight excluding hydrogens is 564 g/mol. The fourth-order valence-electron chi connectivity index (χ4n) is 8.08. The molecule has 44 heavy (non-hydrogen) atoms. The number of likely N-dealkylation sites (tertiary alicyclic amines) is 3. The number of aromatic nitrogens is 4. The van der Waals surface area contributed by atoms with Crippen LogP contribution in [0.25, 0.3) is 5.82 Å². The van der Waals surface area contributed by atoms with Crippen LogP contribution >= 0.6 is 0 Å². The molecule has 3 atom stereocenters. The summed E-state index contributed by atoms with van der Waals surface area (Å²) in [4.78, 5) is 41.6. The number of nitrogens with zero attached hydrogens (tertiary/aromatic N) is 7. The van der Waals surface area contributed by atoms with Gasteiger partial charge in [0.15, 0.2) is 5.82 Å². The second-order valence-corrected chi connectivity index (χ2v) is 13.4. The maximum atomic E-state index is 13.7. The van der Waals surface area contributed by atoms with Crippen molar-refractivity contribution >= 4 is 11.8 Å². The number of fused-ring (bicyclic) bond motifs is 1. The Kier molecular flexibility index (Phi) is 7.26. The highest BCUT2D eigenvalue weighted by Crippen LogP contribution is 2.45. The Hall–Kier alpha value is -3.73. The first-order valence-electron chi connectivity index (χ1n) is 15.7. The lowest BCUT2D eigenvalue weighted by molar-refractivity contribution is -0.159. The Labute approximate surface area is 256 Å². The van der Waals surface area contributed by atoms with Crippen LogP contribution in [0.1, 0.15) is 53.0 Å². The molecular formula is C33H39F2N7O2. The van der Waals surface area contributed by atoms with Crippen LogP contribution in [0, 0.1) is 31.6 Å². The number of aryl methyl sites for hydroxylation is 1. The third-order valence-electron chi connectivity index (χ3n) is 10.5. The molecule has 0 radical (unpaired) electrons. The highest BCUT2D eigenvalue weighted by atomic mass is 19.3. The van der Waals surface area contributed by atoms with E-state index in [1.165, 1.54) is 5.56 Å². The van der Waals surface area contributed by atoms with E-state index in [4.69, 9.17) is 0 Å². The molecule has 1 aromatic carbocycles. The monoisotopic (exact) mass is 603 g/mol. The minimum Gasteiger partial charge on any atom is -0.342 e. The molecule has 3 aromatic rings. The van der Waals surface area contributed by atoms with Crippen molar-refractivity contribution in [2.75, 3.05) is 45.8 Å². The first-order valence-corrected chi connectivity index (χ1v) is 15.7. The van der Waals surface area contributed by atoms with Crippen molar-refractivity contribution in [3.63, 3.8) is 0 Å². The molecule has 3 saturated heterocycles. The van der Waals surface area contributed by atoms with E-state index in [-0.39, 0.29) is 30.1 Å². The third-order valence-corrected chi connectivity index (χ3v) is 10.5. The predicted molar refractivity (Wildman–Crippen MR) is 160 cm³/mol. The van der Waals surface area contributed by atoms with Gasteiger partial charge in [-0.15, -0.1) is 0 Å². The van der Waals surface area contributed by atoms with Crippen LogP contribution in [0.4, 0.5) is 8.78 Å². The van der Waals surface area contributed by atoms with E-state index in [0.717, 1.165) is 51.3 Å². The van der Waals surface area contributed by atoms with Crippen LogP contribution in [-0.4, -0.2) is 98.0 Å². The van der Waals surface area contributed by atoms with Crippen molar-refractivity contribution in [1.29, 1.82) is 0 Å². The lowest BCUT2D eigenvalue weighted by Crippen LogP contribution is -2.47. The average molecular weight is 604 g/mol.